The Hall–Kier alpha value is -3.29. The lowest BCUT2D eigenvalue weighted by atomic mass is 10.2. The Morgan fingerprint density at radius 2 is 1.86 bits per heavy atom. The first kappa shape index (κ1) is 18.1. The quantitative estimate of drug-likeness (QED) is 0.656. The minimum absolute atomic E-state index is 0.224. The predicted octanol–water partition coefficient (Wildman–Crippen LogP) is 5.09. The largest absolute Gasteiger partial charge is 0.324 e. The number of anilines is 2. The Bertz CT molecular complexity index is 1030. The lowest BCUT2D eigenvalue weighted by Crippen LogP contribution is -2.21. The van der Waals surface area contributed by atoms with Gasteiger partial charge in [0.05, 0.1) is 17.3 Å². The zero-order valence-corrected chi connectivity index (χ0v) is 14.9. The highest BCUT2D eigenvalue weighted by molar-refractivity contribution is 5.99. The molecule has 1 aliphatic rings. The molecule has 0 saturated heterocycles. The number of rotatable bonds is 4. The van der Waals surface area contributed by atoms with E-state index in [4.69, 9.17) is 0 Å². The summed E-state index contributed by atoms with van der Waals surface area (Å²) in [7, 11) is 0. The number of aryl methyl sites for hydroxylation is 1. The molecule has 1 aliphatic carbocycles. The molecule has 1 unspecified atom stereocenters. The first-order chi connectivity index (χ1) is 13.3. The fraction of sp³-hybridized carbons (Fsp3) is 0.200. The second-order valence-corrected chi connectivity index (χ2v) is 6.76. The fourth-order valence-electron chi connectivity index (χ4n) is 2.96. The van der Waals surface area contributed by atoms with Gasteiger partial charge in [0, 0.05) is 18.2 Å². The molecular weight excluding hydrogens is 369 g/mol. The number of alkyl halides is 2. The summed E-state index contributed by atoms with van der Waals surface area (Å²) < 4.78 is 41.7. The maximum atomic E-state index is 13.5. The minimum Gasteiger partial charge on any atom is -0.308 e. The molecule has 0 spiro atoms. The van der Waals surface area contributed by atoms with E-state index in [-0.39, 0.29) is 23.7 Å². The Balaban J connectivity index is 1.59. The van der Waals surface area contributed by atoms with Crippen molar-refractivity contribution in [1.82, 2.24) is 9.78 Å². The number of hydrogen-bond acceptors (Lipinski definition) is 2. The van der Waals surface area contributed by atoms with E-state index in [0.717, 1.165) is 0 Å². The molecule has 1 fully saturated rings. The number of nitrogens with one attached hydrogen (secondary N) is 2. The third-order valence-corrected chi connectivity index (χ3v) is 4.57. The molecule has 8 heteroatoms. The molecule has 1 heterocycles. The van der Waals surface area contributed by atoms with Crippen molar-refractivity contribution in [1.29, 1.82) is 0 Å². The molecule has 144 valence electrons. The van der Waals surface area contributed by atoms with E-state index in [1.807, 2.05) is 6.07 Å². The zero-order chi connectivity index (χ0) is 19.9. The number of hydrogen-bond donors (Lipinski definition) is 2. The van der Waals surface area contributed by atoms with Crippen LogP contribution >= 0.6 is 0 Å². The van der Waals surface area contributed by atoms with E-state index in [2.05, 4.69) is 15.7 Å². The van der Waals surface area contributed by atoms with Gasteiger partial charge in [-0.1, -0.05) is 18.2 Å². The van der Waals surface area contributed by atoms with Gasteiger partial charge in [-0.3, -0.25) is 5.32 Å². The third kappa shape index (κ3) is 3.58. The van der Waals surface area contributed by atoms with Gasteiger partial charge >= 0.3 is 6.03 Å². The van der Waals surface area contributed by atoms with Crippen molar-refractivity contribution < 1.29 is 18.0 Å². The van der Waals surface area contributed by atoms with E-state index >= 15 is 0 Å². The van der Waals surface area contributed by atoms with E-state index in [9.17, 15) is 18.0 Å². The molecule has 3 aromatic rings. The van der Waals surface area contributed by atoms with Crippen molar-refractivity contribution in [2.45, 2.75) is 25.2 Å². The van der Waals surface area contributed by atoms with Crippen LogP contribution in [0.3, 0.4) is 0 Å². The number of amides is 2. The van der Waals surface area contributed by atoms with Gasteiger partial charge in [0.25, 0.3) is 5.92 Å². The van der Waals surface area contributed by atoms with Crippen LogP contribution in [0.15, 0.2) is 54.6 Å². The molecule has 0 bridgehead atoms. The molecule has 4 rings (SSSR count). The van der Waals surface area contributed by atoms with Crippen LogP contribution in [-0.4, -0.2) is 21.7 Å². The molecule has 2 N–H and O–H groups in total. The lowest BCUT2D eigenvalue weighted by Gasteiger charge is -2.10. The number of urea groups is 1. The first-order valence-corrected chi connectivity index (χ1v) is 8.71. The minimum atomic E-state index is -2.76. The molecular formula is C20H17F3N4O. The van der Waals surface area contributed by atoms with Gasteiger partial charge in [-0.15, -0.1) is 0 Å². The summed E-state index contributed by atoms with van der Waals surface area (Å²) in [6, 6.07) is 14.0. The van der Waals surface area contributed by atoms with Crippen LogP contribution in [0.4, 0.5) is 29.5 Å². The Morgan fingerprint density at radius 1 is 1.14 bits per heavy atom. The van der Waals surface area contributed by atoms with Gasteiger partial charge in [-0.05, 0) is 42.8 Å². The smallest absolute Gasteiger partial charge is 0.308 e. The highest BCUT2D eigenvalue weighted by atomic mass is 19.3. The number of nitrogens with zero attached hydrogens (tertiary/aromatic N) is 2. The number of carbonyl (C=O) groups excluding carboxylic acids is 1. The first-order valence-electron chi connectivity index (χ1n) is 8.71. The summed E-state index contributed by atoms with van der Waals surface area (Å²) in [5.74, 6) is -3.81. The third-order valence-electron chi connectivity index (χ3n) is 4.57. The average molecular weight is 386 g/mol. The van der Waals surface area contributed by atoms with Crippen molar-refractivity contribution in [2.24, 2.45) is 0 Å². The molecule has 2 amide bonds. The SMILES string of the molecule is Cc1cc(NC(=O)Nc2cc(C3CC3(F)F)nn2-c2ccccc2)ccc1F. The number of aromatic nitrogens is 2. The van der Waals surface area contributed by atoms with Gasteiger partial charge in [0.1, 0.15) is 11.6 Å². The topological polar surface area (TPSA) is 59.0 Å². The monoisotopic (exact) mass is 386 g/mol. The standard InChI is InChI=1S/C20H17F3N4O/c1-12-9-13(7-8-16(12)21)24-19(28)25-18-10-17(15-11-20(15,22)23)26-27(18)14-5-3-2-4-6-14/h2-10,15H,11H2,1H3,(H2,24,25,28). The van der Waals surface area contributed by atoms with Crippen LogP contribution < -0.4 is 10.6 Å². The van der Waals surface area contributed by atoms with Crippen molar-refractivity contribution >= 4 is 17.5 Å². The Morgan fingerprint density at radius 3 is 2.50 bits per heavy atom. The molecule has 28 heavy (non-hydrogen) atoms. The van der Waals surface area contributed by atoms with Crippen LogP contribution in [0.25, 0.3) is 5.69 Å². The molecule has 1 saturated carbocycles. The number of carbonyl (C=O) groups is 1. The molecule has 5 nitrogen and oxygen atoms in total. The van der Waals surface area contributed by atoms with E-state index < -0.39 is 17.9 Å². The van der Waals surface area contributed by atoms with Crippen molar-refractivity contribution in [2.75, 3.05) is 10.6 Å². The highest BCUT2D eigenvalue weighted by Crippen LogP contribution is 2.55. The molecule has 0 radical (unpaired) electrons. The van der Waals surface area contributed by atoms with Crippen LogP contribution in [0.5, 0.6) is 0 Å². The van der Waals surface area contributed by atoms with Gasteiger partial charge in [0.2, 0.25) is 0 Å². The van der Waals surface area contributed by atoms with Crippen molar-refractivity contribution in [3.8, 4) is 5.69 Å². The predicted molar refractivity (Wildman–Crippen MR) is 99.6 cm³/mol. The molecule has 0 aliphatic heterocycles. The molecule has 1 atom stereocenters. The summed E-state index contributed by atoms with van der Waals surface area (Å²) >= 11 is 0. The summed E-state index contributed by atoms with van der Waals surface area (Å²) in [4.78, 5) is 12.4. The van der Waals surface area contributed by atoms with Crippen molar-refractivity contribution in [3.05, 3.63) is 71.7 Å². The van der Waals surface area contributed by atoms with Crippen LogP contribution in [0, 0.1) is 12.7 Å². The van der Waals surface area contributed by atoms with Gasteiger partial charge in [-0.2, -0.15) is 5.10 Å². The highest BCUT2D eigenvalue weighted by Gasteiger charge is 2.59. The normalized spacial score (nSPS) is 17.2. The molecule has 2 aromatic carbocycles. The maximum Gasteiger partial charge on any atom is 0.324 e. The van der Waals surface area contributed by atoms with Gasteiger partial charge in [-0.25, -0.2) is 22.6 Å². The van der Waals surface area contributed by atoms with Gasteiger partial charge < -0.3 is 5.32 Å². The number of benzene rings is 2. The van der Waals surface area contributed by atoms with E-state index in [0.29, 0.717) is 16.9 Å². The van der Waals surface area contributed by atoms with Crippen LogP contribution in [0.1, 0.15) is 23.6 Å². The van der Waals surface area contributed by atoms with Crippen LogP contribution in [-0.2, 0) is 0 Å². The average Bonchev–Trinajstić information content (AvgIpc) is 3.10. The maximum absolute atomic E-state index is 13.5. The summed E-state index contributed by atoms with van der Waals surface area (Å²) in [5.41, 5.74) is 1.66. The lowest BCUT2D eigenvalue weighted by molar-refractivity contribution is 0.111. The zero-order valence-electron chi connectivity index (χ0n) is 14.9. The Kier molecular flexibility index (Phi) is 4.33. The summed E-state index contributed by atoms with van der Waals surface area (Å²) in [6.45, 7) is 1.59. The Labute approximate surface area is 159 Å². The fourth-order valence-corrected chi connectivity index (χ4v) is 2.96. The summed E-state index contributed by atoms with van der Waals surface area (Å²) in [6.07, 6.45) is -0.251. The number of halogens is 3. The number of para-hydroxylation sites is 1. The van der Waals surface area contributed by atoms with E-state index in [1.165, 1.54) is 28.9 Å². The van der Waals surface area contributed by atoms with Crippen LogP contribution in [0.2, 0.25) is 0 Å². The van der Waals surface area contributed by atoms with E-state index in [1.54, 1.807) is 31.2 Å². The second-order valence-electron chi connectivity index (χ2n) is 6.76. The van der Waals surface area contributed by atoms with Gasteiger partial charge in [0.15, 0.2) is 0 Å². The summed E-state index contributed by atoms with van der Waals surface area (Å²) in [5, 5.41) is 9.50. The second kappa shape index (κ2) is 6.70. The molecule has 1 aromatic heterocycles. The van der Waals surface area contributed by atoms with Crippen molar-refractivity contribution in [3.63, 3.8) is 0 Å².